The lowest BCUT2D eigenvalue weighted by atomic mass is 9.86. The van der Waals surface area contributed by atoms with Gasteiger partial charge in [-0.15, -0.1) is 0 Å². The second-order valence-corrected chi connectivity index (χ2v) is 4.68. The minimum absolute atomic E-state index is 0.138. The van der Waals surface area contributed by atoms with E-state index < -0.39 is 12.2 Å². The second kappa shape index (κ2) is 3.25. The van der Waals surface area contributed by atoms with Crippen LogP contribution in [0.3, 0.4) is 0 Å². The van der Waals surface area contributed by atoms with Crippen LogP contribution in [-0.2, 0) is 4.79 Å². The average Bonchev–Trinajstić information content (AvgIpc) is 1.94. The maximum atomic E-state index is 12.5. The lowest BCUT2D eigenvalue weighted by Gasteiger charge is -2.39. The third-order valence-electron chi connectivity index (χ3n) is 2.35. The number of likely N-dealkylation sites (tertiary alicyclic amines) is 1. The summed E-state index contributed by atoms with van der Waals surface area (Å²) in [6.45, 7) is 6.14. The molecule has 1 amide bonds. The summed E-state index contributed by atoms with van der Waals surface area (Å²) in [5, 5.41) is 0. The number of amides is 1. The van der Waals surface area contributed by atoms with Crippen molar-refractivity contribution in [1.29, 1.82) is 0 Å². The fourth-order valence-electron chi connectivity index (χ4n) is 1.17. The minimum Gasteiger partial charge on any atom is -0.335 e. The number of hydrogen-bond acceptors (Lipinski definition) is 2. The van der Waals surface area contributed by atoms with Gasteiger partial charge in [-0.3, -0.25) is 4.79 Å². The van der Waals surface area contributed by atoms with Gasteiger partial charge in [0.15, 0.2) is 0 Å². The standard InChI is InChI=1S/C9H17FN2O/c1-9(2,3)7(11)8(13)12-4-6(10)5-12/h6-7H,4-5,11H2,1-3H3. The summed E-state index contributed by atoms with van der Waals surface area (Å²) in [6, 6.07) is -0.528. The van der Waals surface area contributed by atoms with E-state index >= 15 is 0 Å². The van der Waals surface area contributed by atoms with Crippen LogP contribution in [0.4, 0.5) is 4.39 Å². The zero-order valence-electron chi connectivity index (χ0n) is 8.38. The van der Waals surface area contributed by atoms with Crippen LogP contribution in [0.2, 0.25) is 0 Å². The van der Waals surface area contributed by atoms with Crippen molar-refractivity contribution in [2.45, 2.75) is 33.0 Å². The van der Waals surface area contributed by atoms with Gasteiger partial charge in [0.1, 0.15) is 6.17 Å². The summed E-state index contributed by atoms with van der Waals surface area (Å²) in [6.07, 6.45) is -0.851. The van der Waals surface area contributed by atoms with Gasteiger partial charge >= 0.3 is 0 Å². The highest BCUT2D eigenvalue weighted by atomic mass is 19.1. The molecule has 1 aliphatic rings. The van der Waals surface area contributed by atoms with Crippen LogP contribution in [0, 0.1) is 5.41 Å². The molecule has 1 unspecified atom stereocenters. The predicted octanol–water partition coefficient (Wildman–Crippen LogP) is 0.540. The summed E-state index contributed by atoms with van der Waals surface area (Å²) in [4.78, 5) is 13.0. The number of nitrogens with zero attached hydrogens (tertiary/aromatic N) is 1. The molecule has 0 saturated carbocycles. The summed E-state index contributed by atoms with van der Waals surface area (Å²) >= 11 is 0. The van der Waals surface area contributed by atoms with Crippen molar-refractivity contribution in [2.75, 3.05) is 13.1 Å². The van der Waals surface area contributed by atoms with E-state index in [1.54, 1.807) is 0 Å². The van der Waals surface area contributed by atoms with E-state index in [-0.39, 0.29) is 24.4 Å². The van der Waals surface area contributed by atoms with E-state index in [1.807, 2.05) is 20.8 Å². The van der Waals surface area contributed by atoms with Gasteiger partial charge in [-0.1, -0.05) is 20.8 Å². The third-order valence-corrected chi connectivity index (χ3v) is 2.35. The Hall–Kier alpha value is -0.640. The Morgan fingerprint density at radius 2 is 2.00 bits per heavy atom. The van der Waals surface area contributed by atoms with Crippen LogP contribution in [0.1, 0.15) is 20.8 Å². The topological polar surface area (TPSA) is 46.3 Å². The van der Waals surface area contributed by atoms with Gasteiger partial charge in [0, 0.05) is 0 Å². The molecular weight excluding hydrogens is 171 g/mol. The van der Waals surface area contributed by atoms with Crippen molar-refractivity contribution >= 4 is 5.91 Å². The van der Waals surface area contributed by atoms with Crippen molar-refractivity contribution in [3.05, 3.63) is 0 Å². The Morgan fingerprint density at radius 3 is 2.31 bits per heavy atom. The number of nitrogens with two attached hydrogens (primary N) is 1. The van der Waals surface area contributed by atoms with E-state index in [1.165, 1.54) is 4.90 Å². The molecule has 1 fully saturated rings. The smallest absolute Gasteiger partial charge is 0.240 e. The predicted molar refractivity (Wildman–Crippen MR) is 48.9 cm³/mol. The van der Waals surface area contributed by atoms with Crippen LogP contribution >= 0.6 is 0 Å². The number of alkyl halides is 1. The van der Waals surface area contributed by atoms with Crippen LogP contribution in [0.25, 0.3) is 0 Å². The van der Waals surface area contributed by atoms with Gasteiger partial charge in [-0.05, 0) is 5.41 Å². The van der Waals surface area contributed by atoms with Crippen molar-refractivity contribution in [1.82, 2.24) is 4.90 Å². The Kier molecular flexibility index (Phi) is 2.61. The van der Waals surface area contributed by atoms with Crippen LogP contribution in [-0.4, -0.2) is 36.1 Å². The third kappa shape index (κ3) is 2.18. The van der Waals surface area contributed by atoms with Gasteiger partial charge in [0.2, 0.25) is 5.91 Å². The molecule has 1 aliphatic heterocycles. The first kappa shape index (κ1) is 10.4. The highest BCUT2D eigenvalue weighted by Gasteiger charge is 2.37. The quantitative estimate of drug-likeness (QED) is 0.653. The molecule has 3 nitrogen and oxygen atoms in total. The van der Waals surface area contributed by atoms with Crippen molar-refractivity contribution < 1.29 is 9.18 Å². The van der Waals surface area contributed by atoms with Gasteiger partial charge in [-0.25, -0.2) is 4.39 Å². The molecule has 2 N–H and O–H groups in total. The molecule has 0 aliphatic carbocycles. The Balaban J connectivity index is 2.49. The fourth-order valence-corrected chi connectivity index (χ4v) is 1.17. The zero-order chi connectivity index (χ0) is 10.2. The SMILES string of the molecule is CC(C)(C)C(N)C(=O)N1CC(F)C1. The van der Waals surface area contributed by atoms with Crippen molar-refractivity contribution in [2.24, 2.45) is 11.1 Å². The highest BCUT2D eigenvalue weighted by molar-refractivity contribution is 5.83. The average molecular weight is 188 g/mol. The molecular formula is C9H17FN2O. The lowest BCUT2D eigenvalue weighted by Crippen LogP contribution is -2.59. The highest BCUT2D eigenvalue weighted by Crippen LogP contribution is 2.21. The summed E-state index contributed by atoms with van der Waals surface area (Å²) in [7, 11) is 0. The van der Waals surface area contributed by atoms with Gasteiger partial charge < -0.3 is 10.6 Å². The molecule has 0 aromatic rings. The van der Waals surface area contributed by atoms with Gasteiger partial charge in [-0.2, -0.15) is 0 Å². The second-order valence-electron chi connectivity index (χ2n) is 4.68. The first-order chi connectivity index (χ1) is 5.82. The van der Waals surface area contributed by atoms with Gasteiger partial charge in [0.05, 0.1) is 19.1 Å². The van der Waals surface area contributed by atoms with Crippen LogP contribution < -0.4 is 5.73 Å². The molecule has 1 rings (SSSR count). The molecule has 76 valence electrons. The fraction of sp³-hybridized carbons (Fsp3) is 0.889. The van der Waals surface area contributed by atoms with E-state index in [2.05, 4.69) is 0 Å². The van der Waals surface area contributed by atoms with E-state index in [0.29, 0.717) is 0 Å². The number of halogens is 1. The molecule has 1 heterocycles. The molecule has 0 aromatic heterocycles. The molecule has 1 saturated heterocycles. The maximum Gasteiger partial charge on any atom is 0.240 e. The monoisotopic (exact) mass is 188 g/mol. The first-order valence-electron chi connectivity index (χ1n) is 4.51. The van der Waals surface area contributed by atoms with E-state index in [4.69, 9.17) is 5.73 Å². The Labute approximate surface area is 78.1 Å². The van der Waals surface area contributed by atoms with Crippen molar-refractivity contribution in [3.8, 4) is 0 Å². The molecule has 0 aromatic carbocycles. The zero-order valence-corrected chi connectivity index (χ0v) is 8.38. The Bertz CT molecular complexity index is 206. The first-order valence-corrected chi connectivity index (χ1v) is 4.51. The molecule has 1 atom stereocenters. The summed E-state index contributed by atoms with van der Waals surface area (Å²) in [5.74, 6) is -0.138. The van der Waals surface area contributed by atoms with Crippen LogP contribution in [0.15, 0.2) is 0 Å². The lowest BCUT2D eigenvalue weighted by molar-refractivity contribution is -0.142. The molecule has 0 spiro atoms. The molecule has 0 radical (unpaired) electrons. The number of hydrogen-bond donors (Lipinski definition) is 1. The summed E-state index contributed by atoms with van der Waals surface area (Å²) in [5.41, 5.74) is 5.48. The largest absolute Gasteiger partial charge is 0.335 e. The minimum atomic E-state index is -0.851. The van der Waals surface area contributed by atoms with E-state index in [9.17, 15) is 9.18 Å². The maximum absolute atomic E-state index is 12.5. The summed E-state index contributed by atoms with van der Waals surface area (Å²) < 4.78 is 12.5. The Morgan fingerprint density at radius 1 is 1.54 bits per heavy atom. The van der Waals surface area contributed by atoms with Crippen molar-refractivity contribution in [3.63, 3.8) is 0 Å². The molecule has 4 heteroatoms. The van der Waals surface area contributed by atoms with Crippen LogP contribution in [0.5, 0.6) is 0 Å². The molecule has 13 heavy (non-hydrogen) atoms. The molecule has 0 bridgehead atoms. The van der Waals surface area contributed by atoms with E-state index in [0.717, 1.165) is 0 Å². The number of carbonyl (C=O) groups excluding carboxylic acids is 1. The number of carbonyl (C=O) groups is 1. The normalized spacial score (nSPS) is 21.2. The van der Waals surface area contributed by atoms with Gasteiger partial charge in [0.25, 0.3) is 0 Å². The number of rotatable bonds is 1.